The van der Waals surface area contributed by atoms with Gasteiger partial charge in [-0.05, 0) is 49.2 Å². The monoisotopic (exact) mass is 319 g/mol. The van der Waals surface area contributed by atoms with Crippen molar-refractivity contribution in [3.8, 4) is 11.3 Å². The predicted octanol–water partition coefficient (Wildman–Crippen LogP) is 4.12. The number of piperidine rings is 1. The minimum atomic E-state index is 0.509. The molecule has 122 valence electrons. The zero-order valence-corrected chi connectivity index (χ0v) is 13.6. The van der Waals surface area contributed by atoms with Crippen molar-refractivity contribution < 1.29 is 4.42 Å². The third kappa shape index (κ3) is 3.39. The predicted molar refractivity (Wildman–Crippen MR) is 93.4 cm³/mol. The van der Waals surface area contributed by atoms with Crippen LogP contribution < -0.4 is 0 Å². The van der Waals surface area contributed by atoms with Gasteiger partial charge in [-0.1, -0.05) is 18.2 Å². The maximum atomic E-state index is 5.51. The molecule has 1 unspecified atom stereocenters. The minimum Gasteiger partial charge on any atom is -0.464 e. The Morgan fingerprint density at radius 3 is 3.00 bits per heavy atom. The van der Waals surface area contributed by atoms with Gasteiger partial charge in [-0.25, -0.2) is 9.97 Å². The maximum absolute atomic E-state index is 5.51. The van der Waals surface area contributed by atoms with E-state index in [1.165, 1.54) is 24.1 Å². The topological polar surface area (TPSA) is 42.2 Å². The van der Waals surface area contributed by atoms with Gasteiger partial charge in [-0.3, -0.25) is 4.90 Å². The Labute approximate surface area is 142 Å². The molecule has 1 atom stereocenters. The Balaban J connectivity index is 1.46. The fourth-order valence-electron chi connectivity index (χ4n) is 3.51. The lowest BCUT2D eigenvalue weighted by atomic mass is 9.94. The summed E-state index contributed by atoms with van der Waals surface area (Å²) in [5.74, 6) is 1.43. The molecule has 1 saturated heterocycles. The number of nitrogens with zero attached hydrogens (tertiary/aromatic N) is 3. The van der Waals surface area contributed by atoms with Crippen molar-refractivity contribution in [3.05, 3.63) is 72.5 Å². The molecule has 3 aromatic rings. The van der Waals surface area contributed by atoms with Crippen LogP contribution in [0.3, 0.4) is 0 Å². The van der Waals surface area contributed by atoms with Crippen molar-refractivity contribution in [1.82, 2.24) is 14.9 Å². The molecule has 4 rings (SSSR count). The lowest BCUT2D eigenvalue weighted by molar-refractivity contribution is 0.198. The highest BCUT2D eigenvalue weighted by Crippen LogP contribution is 2.27. The molecule has 0 bridgehead atoms. The van der Waals surface area contributed by atoms with E-state index in [9.17, 15) is 0 Å². The standard InChI is InChI=1S/C20H21N3O/c1-4-16(12-17(5-1)20-7-3-11-24-20)13-23-10-2-6-18(14-23)19-8-9-21-15-22-19/h1,3-5,7-9,11-12,15,18H,2,6,10,13-14H2. The number of likely N-dealkylation sites (tertiary alicyclic amines) is 1. The normalized spacial score (nSPS) is 18.6. The summed E-state index contributed by atoms with van der Waals surface area (Å²) in [5.41, 5.74) is 3.63. The molecule has 2 aromatic heterocycles. The highest BCUT2D eigenvalue weighted by Gasteiger charge is 2.22. The van der Waals surface area contributed by atoms with E-state index >= 15 is 0 Å². The highest BCUT2D eigenvalue weighted by atomic mass is 16.3. The molecule has 3 heterocycles. The molecular formula is C20H21N3O. The van der Waals surface area contributed by atoms with Gasteiger partial charge in [-0.15, -0.1) is 0 Å². The fraction of sp³-hybridized carbons (Fsp3) is 0.300. The van der Waals surface area contributed by atoms with Crippen LogP contribution in [-0.4, -0.2) is 28.0 Å². The van der Waals surface area contributed by atoms with Crippen molar-refractivity contribution in [2.24, 2.45) is 0 Å². The van der Waals surface area contributed by atoms with Crippen LogP contribution in [0.2, 0.25) is 0 Å². The highest BCUT2D eigenvalue weighted by molar-refractivity contribution is 5.58. The first kappa shape index (κ1) is 15.1. The Kier molecular flexibility index (Phi) is 4.38. The Morgan fingerprint density at radius 2 is 2.17 bits per heavy atom. The maximum Gasteiger partial charge on any atom is 0.133 e. The first-order valence-electron chi connectivity index (χ1n) is 8.49. The summed E-state index contributed by atoms with van der Waals surface area (Å²) in [4.78, 5) is 11.0. The van der Waals surface area contributed by atoms with Gasteiger partial charge in [0.2, 0.25) is 0 Å². The summed E-state index contributed by atoms with van der Waals surface area (Å²) in [6.45, 7) is 3.17. The largest absolute Gasteiger partial charge is 0.464 e. The number of aromatic nitrogens is 2. The molecule has 4 heteroatoms. The zero-order chi connectivity index (χ0) is 16.2. The van der Waals surface area contributed by atoms with Gasteiger partial charge in [0.25, 0.3) is 0 Å². The van der Waals surface area contributed by atoms with E-state index < -0.39 is 0 Å². The van der Waals surface area contributed by atoms with Crippen LogP contribution in [-0.2, 0) is 6.54 Å². The number of furan rings is 1. The molecule has 0 amide bonds. The van der Waals surface area contributed by atoms with E-state index in [0.717, 1.165) is 31.0 Å². The summed E-state index contributed by atoms with van der Waals surface area (Å²) >= 11 is 0. The first-order chi connectivity index (χ1) is 11.9. The van der Waals surface area contributed by atoms with Gasteiger partial charge in [0.05, 0.1) is 6.26 Å². The lowest BCUT2D eigenvalue weighted by Gasteiger charge is -2.32. The molecule has 24 heavy (non-hydrogen) atoms. The average molecular weight is 319 g/mol. The summed E-state index contributed by atoms with van der Waals surface area (Å²) in [6, 6.07) is 14.6. The van der Waals surface area contributed by atoms with E-state index in [0.29, 0.717) is 5.92 Å². The number of benzene rings is 1. The third-order valence-electron chi connectivity index (χ3n) is 4.67. The second-order valence-corrected chi connectivity index (χ2v) is 6.39. The van der Waals surface area contributed by atoms with Gasteiger partial charge in [0, 0.05) is 36.5 Å². The smallest absolute Gasteiger partial charge is 0.133 e. The number of hydrogen-bond donors (Lipinski definition) is 0. The molecule has 1 aliphatic rings. The molecule has 1 fully saturated rings. The molecular weight excluding hydrogens is 298 g/mol. The second-order valence-electron chi connectivity index (χ2n) is 6.39. The van der Waals surface area contributed by atoms with E-state index in [-0.39, 0.29) is 0 Å². The van der Waals surface area contributed by atoms with Gasteiger partial charge < -0.3 is 4.42 Å². The third-order valence-corrected chi connectivity index (χ3v) is 4.67. The molecule has 0 N–H and O–H groups in total. The van der Waals surface area contributed by atoms with E-state index in [2.05, 4.69) is 39.1 Å². The van der Waals surface area contributed by atoms with Gasteiger partial charge in [0.15, 0.2) is 0 Å². The molecule has 4 nitrogen and oxygen atoms in total. The summed E-state index contributed by atoms with van der Waals surface area (Å²) in [5, 5.41) is 0. The van der Waals surface area contributed by atoms with Crippen LogP contribution in [0.25, 0.3) is 11.3 Å². The molecule has 0 radical (unpaired) electrons. The number of hydrogen-bond acceptors (Lipinski definition) is 4. The van der Waals surface area contributed by atoms with Crippen LogP contribution in [0, 0.1) is 0 Å². The molecule has 0 spiro atoms. The quantitative estimate of drug-likeness (QED) is 0.725. The van der Waals surface area contributed by atoms with Crippen LogP contribution >= 0.6 is 0 Å². The van der Waals surface area contributed by atoms with E-state index in [1.807, 2.05) is 24.4 Å². The molecule has 1 aliphatic heterocycles. The second kappa shape index (κ2) is 6.97. The average Bonchev–Trinajstić information content (AvgIpc) is 3.18. The summed E-state index contributed by atoms with van der Waals surface area (Å²) in [7, 11) is 0. The molecule has 0 aliphatic carbocycles. The minimum absolute atomic E-state index is 0.509. The summed E-state index contributed by atoms with van der Waals surface area (Å²) in [6.07, 6.45) is 7.64. The van der Waals surface area contributed by atoms with Crippen molar-refractivity contribution >= 4 is 0 Å². The Morgan fingerprint density at radius 1 is 1.17 bits per heavy atom. The van der Waals surface area contributed by atoms with Crippen molar-refractivity contribution in [3.63, 3.8) is 0 Å². The van der Waals surface area contributed by atoms with E-state index in [4.69, 9.17) is 4.42 Å². The number of rotatable bonds is 4. The van der Waals surface area contributed by atoms with E-state index in [1.54, 1.807) is 12.6 Å². The SMILES string of the molecule is c1cc(CN2CCCC(c3ccncn3)C2)cc(-c2ccco2)c1. The Bertz CT molecular complexity index is 771. The van der Waals surface area contributed by atoms with Crippen LogP contribution in [0.15, 0.2) is 65.7 Å². The van der Waals surface area contributed by atoms with Gasteiger partial charge in [0.1, 0.15) is 12.1 Å². The Hall–Kier alpha value is -2.46. The van der Waals surface area contributed by atoms with Crippen molar-refractivity contribution in [1.29, 1.82) is 0 Å². The van der Waals surface area contributed by atoms with Crippen LogP contribution in [0.1, 0.15) is 30.0 Å². The van der Waals surface area contributed by atoms with Crippen molar-refractivity contribution in [2.75, 3.05) is 13.1 Å². The van der Waals surface area contributed by atoms with Crippen LogP contribution in [0.4, 0.5) is 0 Å². The summed E-state index contributed by atoms with van der Waals surface area (Å²) < 4.78 is 5.51. The van der Waals surface area contributed by atoms with Gasteiger partial charge >= 0.3 is 0 Å². The van der Waals surface area contributed by atoms with Crippen molar-refractivity contribution in [2.45, 2.75) is 25.3 Å². The fourth-order valence-corrected chi connectivity index (χ4v) is 3.51. The van der Waals surface area contributed by atoms with Crippen LogP contribution in [0.5, 0.6) is 0 Å². The zero-order valence-electron chi connectivity index (χ0n) is 13.6. The lowest BCUT2D eigenvalue weighted by Crippen LogP contribution is -2.34. The molecule has 0 saturated carbocycles. The van der Waals surface area contributed by atoms with Gasteiger partial charge in [-0.2, -0.15) is 0 Å². The molecule has 1 aromatic carbocycles. The first-order valence-corrected chi connectivity index (χ1v) is 8.49.